The third-order valence-electron chi connectivity index (χ3n) is 10.3. The molecule has 0 fully saturated rings. The van der Waals surface area contributed by atoms with Crippen molar-refractivity contribution >= 4 is 76.4 Å². The van der Waals surface area contributed by atoms with Gasteiger partial charge in [0.2, 0.25) is 0 Å². The molecule has 8 aromatic carbocycles. The minimum atomic E-state index is 1.15. The van der Waals surface area contributed by atoms with Crippen LogP contribution in [0, 0.1) is 0 Å². The van der Waals surface area contributed by atoms with Crippen LogP contribution in [-0.2, 0) is 0 Å². The van der Waals surface area contributed by atoms with Gasteiger partial charge in [0.15, 0.2) is 0 Å². The van der Waals surface area contributed by atoms with Crippen LogP contribution in [0.4, 0.5) is 34.1 Å². The number of rotatable bonds is 2. The lowest BCUT2D eigenvalue weighted by molar-refractivity contribution is 1.18. The van der Waals surface area contributed by atoms with Gasteiger partial charge in [0.1, 0.15) is 0 Å². The van der Waals surface area contributed by atoms with Crippen molar-refractivity contribution in [1.29, 1.82) is 0 Å². The van der Waals surface area contributed by atoms with E-state index in [-0.39, 0.29) is 0 Å². The van der Waals surface area contributed by atoms with Crippen molar-refractivity contribution in [3.63, 3.8) is 0 Å². The summed E-state index contributed by atoms with van der Waals surface area (Å²) in [5.41, 5.74) is 14.6. The van der Waals surface area contributed by atoms with Crippen molar-refractivity contribution in [3.8, 4) is 33.4 Å². The fourth-order valence-corrected chi connectivity index (χ4v) is 9.37. The molecular weight excluding hydrogens is 613 g/mol. The Hall–Kier alpha value is -6.16. The second-order valence-corrected chi connectivity index (χ2v) is 14.0. The van der Waals surface area contributed by atoms with Gasteiger partial charge < -0.3 is 9.80 Å². The number of hydrogen-bond acceptors (Lipinski definition) is 3. The molecule has 0 saturated heterocycles. The van der Waals surface area contributed by atoms with Crippen LogP contribution in [0.25, 0.3) is 64.3 Å². The van der Waals surface area contributed by atoms with Crippen LogP contribution >= 0.6 is 11.3 Å². The first-order chi connectivity index (χ1) is 24.3. The van der Waals surface area contributed by atoms with Gasteiger partial charge in [-0.2, -0.15) is 0 Å². The molecule has 3 heterocycles. The van der Waals surface area contributed by atoms with E-state index in [0.29, 0.717) is 0 Å². The fourth-order valence-electron chi connectivity index (χ4n) is 8.14. The second kappa shape index (κ2) is 10.2. The Morgan fingerprint density at radius 2 is 1.04 bits per heavy atom. The molecule has 228 valence electrons. The summed E-state index contributed by atoms with van der Waals surface area (Å²) < 4.78 is 2.67. The molecule has 2 nitrogen and oxygen atoms in total. The molecule has 0 radical (unpaired) electrons. The summed E-state index contributed by atoms with van der Waals surface area (Å²) in [4.78, 5) is 4.94. The summed E-state index contributed by atoms with van der Waals surface area (Å²) in [5.74, 6) is 0. The predicted molar refractivity (Wildman–Crippen MR) is 210 cm³/mol. The molecule has 11 rings (SSSR count). The summed E-state index contributed by atoms with van der Waals surface area (Å²) >= 11 is 1.89. The van der Waals surface area contributed by atoms with Gasteiger partial charge in [0.05, 0.1) is 28.4 Å². The lowest BCUT2D eigenvalue weighted by Gasteiger charge is -2.41. The smallest absolute Gasteiger partial charge is 0.0782 e. The molecule has 0 saturated carbocycles. The number of para-hydroxylation sites is 4. The van der Waals surface area contributed by atoms with Crippen LogP contribution in [0.5, 0.6) is 0 Å². The van der Waals surface area contributed by atoms with Crippen molar-refractivity contribution in [3.05, 3.63) is 170 Å². The van der Waals surface area contributed by atoms with Crippen LogP contribution in [0.2, 0.25) is 0 Å². The van der Waals surface area contributed by atoms with E-state index in [4.69, 9.17) is 0 Å². The number of thiophene rings is 1. The Morgan fingerprint density at radius 3 is 1.92 bits per heavy atom. The van der Waals surface area contributed by atoms with Gasteiger partial charge in [-0.3, -0.25) is 0 Å². The number of hydrogen-bond donors (Lipinski definition) is 0. The predicted octanol–water partition coefficient (Wildman–Crippen LogP) is 13.8. The van der Waals surface area contributed by atoms with E-state index >= 15 is 0 Å². The van der Waals surface area contributed by atoms with E-state index in [1.54, 1.807) is 0 Å². The van der Waals surface area contributed by atoms with Gasteiger partial charge in [-0.15, -0.1) is 11.3 Å². The second-order valence-electron chi connectivity index (χ2n) is 12.9. The summed E-state index contributed by atoms with van der Waals surface area (Å²) in [5, 5.41) is 5.13. The van der Waals surface area contributed by atoms with Gasteiger partial charge >= 0.3 is 0 Å². The Balaban J connectivity index is 1.24. The van der Waals surface area contributed by atoms with Crippen LogP contribution < -0.4 is 9.80 Å². The Labute approximate surface area is 288 Å². The highest BCUT2D eigenvalue weighted by Crippen LogP contribution is 2.61. The molecule has 0 aliphatic carbocycles. The van der Waals surface area contributed by atoms with E-state index < -0.39 is 0 Å². The maximum absolute atomic E-state index is 2.52. The molecule has 0 bridgehead atoms. The first-order valence-electron chi connectivity index (χ1n) is 16.8. The van der Waals surface area contributed by atoms with Crippen molar-refractivity contribution in [2.24, 2.45) is 0 Å². The Kier molecular flexibility index (Phi) is 5.57. The highest BCUT2D eigenvalue weighted by atomic mass is 32.1. The lowest BCUT2D eigenvalue weighted by Crippen LogP contribution is -2.24. The molecule has 2 aliphatic rings. The van der Waals surface area contributed by atoms with E-state index in [1.807, 2.05) is 11.3 Å². The maximum atomic E-state index is 2.52. The van der Waals surface area contributed by atoms with Gasteiger partial charge in [-0.25, -0.2) is 0 Å². The molecule has 0 unspecified atom stereocenters. The van der Waals surface area contributed by atoms with Crippen molar-refractivity contribution in [1.82, 2.24) is 0 Å². The number of anilines is 6. The SMILES string of the molecule is c1ccc(N2c3ccccc3N3c4cc5ccccc5cc4-c4cc(-c5cccc6c5sc5ccccc56)ccc4-c4cccc2c43)cc1. The zero-order valence-corrected chi connectivity index (χ0v) is 27.3. The van der Waals surface area contributed by atoms with E-state index in [1.165, 1.54) is 92.8 Å². The summed E-state index contributed by atoms with van der Waals surface area (Å²) in [6.07, 6.45) is 0. The topological polar surface area (TPSA) is 6.48 Å². The largest absolute Gasteiger partial charge is 0.306 e. The van der Waals surface area contributed by atoms with Crippen molar-refractivity contribution < 1.29 is 0 Å². The van der Waals surface area contributed by atoms with Gasteiger partial charge in [-0.1, -0.05) is 115 Å². The first-order valence-corrected chi connectivity index (χ1v) is 17.6. The number of fused-ring (bicyclic) bond motifs is 11. The maximum Gasteiger partial charge on any atom is 0.0782 e. The number of nitrogens with zero attached hydrogens (tertiary/aromatic N) is 2. The molecule has 0 atom stereocenters. The molecular formula is C46H28N2S. The average molecular weight is 641 g/mol. The fraction of sp³-hybridized carbons (Fsp3) is 0. The zero-order valence-electron chi connectivity index (χ0n) is 26.5. The highest BCUT2D eigenvalue weighted by Gasteiger charge is 2.36. The van der Waals surface area contributed by atoms with Crippen LogP contribution in [-0.4, -0.2) is 0 Å². The first kappa shape index (κ1) is 26.9. The molecule has 2 aliphatic heterocycles. The van der Waals surface area contributed by atoms with E-state index in [2.05, 4.69) is 180 Å². The van der Waals surface area contributed by atoms with Crippen LogP contribution in [0.15, 0.2) is 170 Å². The molecule has 0 N–H and O–H groups in total. The molecule has 49 heavy (non-hydrogen) atoms. The third-order valence-corrected chi connectivity index (χ3v) is 11.5. The standard InChI is InChI=1S/C46H28N2S/c1-2-14-32(15-3-1)47-40-20-7-8-21-41(40)48-43-28-30-13-5-4-12-29(30)26-39(43)38-27-31(24-25-34(38)36-18-11-22-42(47)45(36)48)33-17-10-19-37-35-16-6-9-23-44(35)49-46(33)37/h1-28H. The van der Waals surface area contributed by atoms with Crippen LogP contribution in [0.1, 0.15) is 0 Å². The Morgan fingerprint density at radius 1 is 0.367 bits per heavy atom. The van der Waals surface area contributed by atoms with Crippen molar-refractivity contribution in [2.75, 3.05) is 9.80 Å². The molecule has 3 heteroatoms. The minimum Gasteiger partial charge on any atom is -0.306 e. The van der Waals surface area contributed by atoms with Gasteiger partial charge in [0.25, 0.3) is 0 Å². The van der Waals surface area contributed by atoms with Crippen LogP contribution in [0.3, 0.4) is 0 Å². The third kappa shape index (κ3) is 3.82. The normalized spacial score (nSPS) is 12.8. The molecule has 0 spiro atoms. The zero-order chi connectivity index (χ0) is 32.1. The van der Waals surface area contributed by atoms with E-state index in [9.17, 15) is 0 Å². The lowest BCUT2D eigenvalue weighted by atomic mass is 9.89. The summed E-state index contributed by atoms with van der Waals surface area (Å²) in [6, 6.07) is 62.6. The quantitative estimate of drug-likeness (QED) is 0.185. The molecule has 1 aromatic heterocycles. The Bertz CT molecular complexity index is 2790. The van der Waals surface area contributed by atoms with E-state index in [0.717, 1.165) is 5.69 Å². The summed E-state index contributed by atoms with van der Waals surface area (Å²) in [6.45, 7) is 0. The average Bonchev–Trinajstić information content (AvgIpc) is 3.50. The van der Waals surface area contributed by atoms with Gasteiger partial charge in [0, 0.05) is 37.0 Å². The summed E-state index contributed by atoms with van der Waals surface area (Å²) in [7, 11) is 0. The highest BCUT2D eigenvalue weighted by molar-refractivity contribution is 7.26. The molecule has 0 amide bonds. The van der Waals surface area contributed by atoms with Crippen molar-refractivity contribution in [2.45, 2.75) is 0 Å². The molecule has 9 aromatic rings. The monoisotopic (exact) mass is 640 g/mol. The minimum absolute atomic E-state index is 1.15. The number of benzene rings is 8. The van der Waals surface area contributed by atoms with Gasteiger partial charge in [-0.05, 0) is 87.6 Å².